The van der Waals surface area contributed by atoms with Crippen molar-refractivity contribution in [3.05, 3.63) is 42.5 Å². The van der Waals surface area contributed by atoms with Crippen molar-refractivity contribution in [2.45, 2.75) is 9.96 Å². The van der Waals surface area contributed by atoms with Crippen LogP contribution in [0, 0.1) is 0 Å². The van der Waals surface area contributed by atoms with E-state index in [9.17, 15) is 4.79 Å². The molecule has 0 fully saturated rings. The fourth-order valence-electron chi connectivity index (χ4n) is 1.78. The highest BCUT2D eigenvalue weighted by atomic mass is 35.6. The summed E-state index contributed by atoms with van der Waals surface area (Å²) in [6, 6.07) is 6.65. The van der Waals surface area contributed by atoms with E-state index in [0.29, 0.717) is 5.75 Å². The van der Waals surface area contributed by atoms with Gasteiger partial charge in [0.05, 0.1) is 12.7 Å². The molecule has 0 saturated carbocycles. The van der Waals surface area contributed by atoms with E-state index in [4.69, 9.17) is 51.8 Å². The first-order valence-corrected chi connectivity index (χ1v) is 8.28. The maximum absolute atomic E-state index is 12.5. The highest BCUT2D eigenvalue weighted by molar-refractivity contribution is 7.80. The molecule has 0 saturated heterocycles. The number of benzene rings is 1. The number of carbonyl (C=O) groups is 1. The highest BCUT2D eigenvalue weighted by Crippen LogP contribution is 2.29. The van der Waals surface area contributed by atoms with Crippen molar-refractivity contribution >= 4 is 58.0 Å². The van der Waals surface area contributed by atoms with E-state index in [-0.39, 0.29) is 10.7 Å². The van der Waals surface area contributed by atoms with Gasteiger partial charge in [0.15, 0.2) is 5.11 Å². The maximum Gasteiger partial charge on any atom is 0.256 e. The van der Waals surface area contributed by atoms with Crippen LogP contribution in [0.4, 0.5) is 0 Å². The zero-order valence-corrected chi connectivity index (χ0v) is 15.8. The Bertz CT molecular complexity index is 738. The summed E-state index contributed by atoms with van der Waals surface area (Å²) < 4.78 is 4.65. The number of nitrogens with zero attached hydrogens (tertiary/aromatic N) is 3. The molecular weight excluding hydrogens is 411 g/mol. The molecule has 0 aliphatic rings. The zero-order valence-electron chi connectivity index (χ0n) is 12.7. The summed E-state index contributed by atoms with van der Waals surface area (Å²) in [6.07, 6.45) is 1.64. The summed E-state index contributed by atoms with van der Waals surface area (Å²) in [6.45, 7) is 0. The molecule has 8 nitrogen and oxygen atoms in total. The van der Waals surface area contributed by atoms with Crippen LogP contribution in [0.1, 0.15) is 10.4 Å². The molecule has 1 atom stereocenters. The first kappa shape index (κ1) is 19.5. The van der Waals surface area contributed by atoms with Crippen molar-refractivity contribution < 1.29 is 9.53 Å². The molecule has 0 radical (unpaired) electrons. The molecule has 25 heavy (non-hydrogen) atoms. The number of hydrogen-bond acceptors (Lipinski definition) is 5. The Hall–Kier alpha value is -1.81. The Balaban J connectivity index is 2.09. The van der Waals surface area contributed by atoms with Crippen molar-refractivity contribution in [2.75, 3.05) is 12.5 Å². The van der Waals surface area contributed by atoms with Gasteiger partial charge in [0.25, 0.3) is 5.91 Å². The Morgan fingerprint density at radius 1 is 1.24 bits per heavy atom. The lowest BCUT2D eigenvalue weighted by Crippen LogP contribution is -2.56. The third-order valence-electron chi connectivity index (χ3n) is 2.88. The highest BCUT2D eigenvalue weighted by Gasteiger charge is 2.35. The van der Waals surface area contributed by atoms with Crippen LogP contribution in [-0.2, 0) is 0 Å². The monoisotopic (exact) mass is 422 g/mol. The third kappa shape index (κ3) is 5.60. The van der Waals surface area contributed by atoms with Gasteiger partial charge in [-0.05, 0) is 24.4 Å². The van der Waals surface area contributed by atoms with E-state index in [0.717, 1.165) is 0 Å². The Morgan fingerprint density at radius 3 is 2.48 bits per heavy atom. The normalized spacial score (nSPS) is 12.2. The minimum Gasteiger partial charge on any atom is -0.496 e. The molecule has 1 aromatic carbocycles. The first-order chi connectivity index (χ1) is 11.8. The van der Waals surface area contributed by atoms with Gasteiger partial charge in [-0.1, -0.05) is 46.9 Å². The average molecular weight is 424 g/mol. The van der Waals surface area contributed by atoms with Crippen LogP contribution in [0.5, 0.6) is 5.75 Å². The van der Waals surface area contributed by atoms with Gasteiger partial charge in [0.2, 0.25) is 3.79 Å². The summed E-state index contributed by atoms with van der Waals surface area (Å²) in [4.78, 5) is 12.5. The number of aromatic nitrogens is 3. The minimum atomic E-state index is -1.88. The number of amides is 1. The maximum atomic E-state index is 12.5. The molecule has 0 spiro atoms. The Kier molecular flexibility index (Phi) is 6.65. The predicted molar refractivity (Wildman–Crippen MR) is 99.7 cm³/mol. The number of rotatable bonds is 5. The predicted octanol–water partition coefficient (Wildman–Crippen LogP) is 1.83. The molecule has 1 aromatic heterocycles. The van der Waals surface area contributed by atoms with Crippen molar-refractivity contribution in [1.29, 1.82) is 0 Å². The van der Waals surface area contributed by atoms with Crippen LogP contribution in [0.2, 0.25) is 0 Å². The van der Waals surface area contributed by atoms with E-state index in [1.807, 2.05) is 0 Å². The van der Waals surface area contributed by atoms with Gasteiger partial charge in [-0.15, -0.1) is 10.2 Å². The van der Waals surface area contributed by atoms with Crippen molar-refractivity contribution in [1.82, 2.24) is 25.5 Å². The van der Waals surface area contributed by atoms with Gasteiger partial charge in [-0.25, -0.2) is 4.68 Å². The van der Waals surface area contributed by atoms with Crippen LogP contribution in [0.3, 0.4) is 0 Å². The van der Waals surface area contributed by atoms with Crippen molar-refractivity contribution in [3.8, 4) is 5.75 Å². The zero-order chi connectivity index (χ0) is 18.4. The van der Waals surface area contributed by atoms with E-state index in [1.165, 1.54) is 24.4 Å². The average Bonchev–Trinajstić information content (AvgIpc) is 3.06. The SMILES string of the molecule is COc1ccccc1C(=O)NC(NC(=S)Nn1cnnc1)C(Cl)(Cl)Cl. The van der Waals surface area contributed by atoms with E-state index in [1.54, 1.807) is 24.3 Å². The smallest absolute Gasteiger partial charge is 0.256 e. The molecule has 1 heterocycles. The minimum absolute atomic E-state index is 0.0800. The lowest BCUT2D eigenvalue weighted by Gasteiger charge is -2.28. The van der Waals surface area contributed by atoms with Crippen molar-refractivity contribution in [2.24, 2.45) is 0 Å². The fraction of sp³-hybridized carbons (Fsp3) is 0.231. The Labute approximate surface area is 163 Å². The van der Waals surface area contributed by atoms with Gasteiger partial charge in [0.1, 0.15) is 24.6 Å². The van der Waals surface area contributed by atoms with Gasteiger partial charge in [-0.3, -0.25) is 10.2 Å². The largest absolute Gasteiger partial charge is 0.496 e. The summed E-state index contributed by atoms with van der Waals surface area (Å²) >= 11 is 22.9. The number of ether oxygens (including phenoxy) is 1. The molecule has 2 aromatic rings. The number of methoxy groups -OCH3 is 1. The lowest BCUT2D eigenvalue weighted by molar-refractivity contribution is 0.0931. The summed E-state index contributed by atoms with van der Waals surface area (Å²) in [5.41, 5.74) is 3.00. The van der Waals surface area contributed by atoms with E-state index >= 15 is 0 Å². The number of nitrogens with one attached hydrogen (secondary N) is 3. The van der Waals surface area contributed by atoms with E-state index in [2.05, 4.69) is 26.3 Å². The number of hydrogen-bond donors (Lipinski definition) is 3. The van der Waals surface area contributed by atoms with Crippen LogP contribution in [0.15, 0.2) is 36.9 Å². The van der Waals surface area contributed by atoms with Gasteiger partial charge >= 0.3 is 0 Å². The fourth-order valence-corrected chi connectivity index (χ4v) is 2.33. The molecule has 1 unspecified atom stereocenters. The topological polar surface area (TPSA) is 93.1 Å². The van der Waals surface area contributed by atoms with Crippen LogP contribution >= 0.6 is 47.0 Å². The summed E-state index contributed by atoms with van der Waals surface area (Å²) in [5, 5.41) is 12.6. The number of para-hydroxylation sites is 1. The summed E-state index contributed by atoms with van der Waals surface area (Å²) in [5.74, 6) is -0.123. The molecule has 12 heteroatoms. The number of halogens is 3. The Morgan fingerprint density at radius 2 is 1.88 bits per heavy atom. The van der Waals surface area contributed by atoms with Crippen LogP contribution < -0.4 is 20.8 Å². The van der Waals surface area contributed by atoms with E-state index < -0.39 is 15.9 Å². The number of carbonyl (C=O) groups excluding carboxylic acids is 1. The second kappa shape index (κ2) is 8.52. The quantitative estimate of drug-likeness (QED) is 0.384. The molecule has 2 rings (SSSR count). The van der Waals surface area contributed by atoms with Crippen LogP contribution in [-0.4, -0.2) is 43.0 Å². The molecule has 1 amide bonds. The summed E-state index contributed by atoms with van der Waals surface area (Å²) in [7, 11) is 1.45. The molecule has 0 aliphatic heterocycles. The molecule has 134 valence electrons. The number of alkyl halides is 3. The molecule has 3 N–H and O–H groups in total. The number of thiocarbonyl (C=S) groups is 1. The van der Waals surface area contributed by atoms with Crippen molar-refractivity contribution in [3.63, 3.8) is 0 Å². The standard InChI is InChI=1S/C13H13Cl3N6O2S/c1-24-9-5-3-2-4-8(9)10(23)19-11(13(14,15)16)20-12(25)21-22-6-17-18-7-22/h2-7,11H,1H3,(H,19,23)(H2,20,21,25). The second-order valence-electron chi connectivity index (χ2n) is 4.60. The van der Waals surface area contributed by atoms with Crippen LogP contribution in [0.25, 0.3) is 0 Å². The second-order valence-corrected chi connectivity index (χ2v) is 7.38. The first-order valence-electron chi connectivity index (χ1n) is 6.74. The molecule has 0 bridgehead atoms. The lowest BCUT2D eigenvalue weighted by atomic mass is 10.2. The van der Waals surface area contributed by atoms with Gasteiger partial charge < -0.3 is 15.4 Å². The van der Waals surface area contributed by atoms with Gasteiger partial charge in [-0.2, -0.15) is 0 Å². The van der Waals surface area contributed by atoms with Gasteiger partial charge in [0, 0.05) is 0 Å². The molecule has 0 aliphatic carbocycles. The third-order valence-corrected chi connectivity index (χ3v) is 3.74. The molecular formula is C13H13Cl3N6O2S.